The number of hydrogen-bond donors (Lipinski definition) is 3. The van der Waals surface area contributed by atoms with Crippen LogP contribution in [0.1, 0.15) is 41.4 Å². The van der Waals surface area contributed by atoms with Crippen molar-refractivity contribution >= 4 is 28.5 Å². The summed E-state index contributed by atoms with van der Waals surface area (Å²) in [5, 5.41) is 5.94. The van der Waals surface area contributed by atoms with Gasteiger partial charge in [0.2, 0.25) is 11.3 Å². The quantitative estimate of drug-likeness (QED) is 0.613. The van der Waals surface area contributed by atoms with Gasteiger partial charge in [-0.15, -0.1) is 0 Å². The van der Waals surface area contributed by atoms with Crippen LogP contribution in [-0.2, 0) is 11.3 Å². The Balaban J connectivity index is 1.71. The molecule has 0 radical (unpaired) electrons. The zero-order chi connectivity index (χ0) is 20.1. The number of hydrogen-bond acceptors (Lipinski definition) is 4. The number of fused-ring (bicyclic) bond motifs is 1. The van der Waals surface area contributed by atoms with Gasteiger partial charge in [-0.1, -0.05) is 19.1 Å². The molecule has 0 spiro atoms. The Morgan fingerprint density at radius 1 is 1.18 bits per heavy atom. The Hall–Kier alpha value is -3.48. The van der Waals surface area contributed by atoms with Crippen LogP contribution in [0.3, 0.4) is 0 Å². The second-order valence-corrected chi connectivity index (χ2v) is 6.56. The number of rotatable bonds is 6. The predicted octanol–water partition coefficient (Wildman–Crippen LogP) is 2.90. The molecule has 3 rings (SSSR count). The number of aryl methyl sites for hydroxylation is 1. The van der Waals surface area contributed by atoms with E-state index in [0.29, 0.717) is 23.1 Å². The van der Waals surface area contributed by atoms with Gasteiger partial charge in [0.1, 0.15) is 11.2 Å². The maximum Gasteiger partial charge on any atom is 0.257 e. The number of anilines is 1. The molecular weight excluding hydrogens is 356 g/mol. The van der Waals surface area contributed by atoms with Crippen LogP contribution in [0.2, 0.25) is 0 Å². The van der Waals surface area contributed by atoms with Crippen LogP contribution in [0.25, 0.3) is 11.0 Å². The van der Waals surface area contributed by atoms with E-state index in [9.17, 15) is 14.4 Å². The molecule has 0 aliphatic heterocycles. The first kappa shape index (κ1) is 19.3. The van der Waals surface area contributed by atoms with Crippen LogP contribution in [0, 0.1) is 6.92 Å². The van der Waals surface area contributed by atoms with E-state index >= 15 is 0 Å². The fourth-order valence-corrected chi connectivity index (χ4v) is 2.86. The van der Waals surface area contributed by atoms with Crippen LogP contribution < -0.4 is 16.1 Å². The summed E-state index contributed by atoms with van der Waals surface area (Å²) >= 11 is 0. The number of pyridine rings is 2. The van der Waals surface area contributed by atoms with Gasteiger partial charge in [0, 0.05) is 30.5 Å². The topological polar surface area (TPSA) is 104 Å². The average Bonchev–Trinajstić information content (AvgIpc) is 2.66. The first-order chi connectivity index (χ1) is 13.5. The SMILES string of the molecule is CCCC(=O)Nc1cccc(CNC(=O)c2c[nH]c3nc(C)ccc3c2=O)c1. The lowest BCUT2D eigenvalue weighted by Gasteiger charge is -2.09. The number of benzene rings is 1. The fourth-order valence-electron chi connectivity index (χ4n) is 2.86. The van der Waals surface area contributed by atoms with Crippen molar-refractivity contribution in [3.63, 3.8) is 0 Å². The standard InChI is InChI=1S/C21H22N4O3/c1-3-5-18(26)25-15-7-4-6-14(10-15)11-23-21(28)17-12-22-20-16(19(17)27)9-8-13(2)24-20/h4,6-10,12H,3,5,11H2,1-2H3,(H,23,28)(H,25,26)(H,22,24,27). The molecule has 2 heterocycles. The second kappa shape index (κ2) is 8.47. The van der Waals surface area contributed by atoms with E-state index in [0.717, 1.165) is 17.7 Å². The lowest BCUT2D eigenvalue weighted by atomic mass is 10.1. The van der Waals surface area contributed by atoms with Crippen molar-refractivity contribution in [3.05, 3.63) is 69.6 Å². The summed E-state index contributed by atoms with van der Waals surface area (Å²) < 4.78 is 0. The van der Waals surface area contributed by atoms with E-state index < -0.39 is 5.91 Å². The third kappa shape index (κ3) is 4.43. The van der Waals surface area contributed by atoms with Crippen LogP contribution in [0.5, 0.6) is 0 Å². The molecule has 0 fully saturated rings. The number of aromatic amines is 1. The molecule has 2 aromatic heterocycles. The summed E-state index contributed by atoms with van der Waals surface area (Å²) in [6, 6.07) is 10.6. The molecule has 0 unspecified atom stereocenters. The zero-order valence-electron chi connectivity index (χ0n) is 15.8. The summed E-state index contributed by atoms with van der Waals surface area (Å²) in [4.78, 5) is 43.9. The molecule has 1 aromatic carbocycles. The molecule has 28 heavy (non-hydrogen) atoms. The lowest BCUT2D eigenvalue weighted by molar-refractivity contribution is -0.116. The Morgan fingerprint density at radius 3 is 2.79 bits per heavy atom. The highest BCUT2D eigenvalue weighted by molar-refractivity contribution is 5.96. The fraction of sp³-hybridized carbons (Fsp3) is 0.238. The van der Waals surface area contributed by atoms with Gasteiger partial charge in [0.05, 0.1) is 5.39 Å². The van der Waals surface area contributed by atoms with Crippen molar-refractivity contribution in [2.75, 3.05) is 5.32 Å². The Bertz CT molecular complexity index is 1090. The molecule has 3 N–H and O–H groups in total. The van der Waals surface area contributed by atoms with Gasteiger partial charge >= 0.3 is 0 Å². The van der Waals surface area contributed by atoms with Crippen molar-refractivity contribution in [2.24, 2.45) is 0 Å². The highest BCUT2D eigenvalue weighted by atomic mass is 16.2. The summed E-state index contributed by atoms with van der Waals surface area (Å²) in [5.74, 6) is -0.514. The number of aromatic nitrogens is 2. The van der Waals surface area contributed by atoms with Gasteiger partial charge in [-0.25, -0.2) is 4.98 Å². The van der Waals surface area contributed by atoms with Crippen molar-refractivity contribution < 1.29 is 9.59 Å². The molecule has 7 nitrogen and oxygen atoms in total. The Labute approximate surface area is 162 Å². The zero-order valence-corrected chi connectivity index (χ0v) is 15.8. The monoisotopic (exact) mass is 378 g/mol. The molecule has 0 saturated heterocycles. The maximum absolute atomic E-state index is 12.6. The van der Waals surface area contributed by atoms with Crippen molar-refractivity contribution in [2.45, 2.75) is 33.2 Å². The summed E-state index contributed by atoms with van der Waals surface area (Å²) in [5.41, 5.74) is 2.40. The molecule has 3 aromatic rings. The molecule has 7 heteroatoms. The number of carbonyl (C=O) groups is 2. The van der Waals surface area contributed by atoms with Gasteiger partial charge in [0.25, 0.3) is 5.91 Å². The summed E-state index contributed by atoms with van der Waals surface area (Å²) in [6.45, 7) is 4.01. The number of nitrogens with one attached hydrogen (secondary N) is 3. The molecule has 2 amide bonds. The smallest absolute Gasteiger partial charge is 0.257 e. The van der Waals surface area contributed by atoms with E-state index in [4.69, 9.17) is 0 Å². The normalized spacial score (nSPS) is 10.6. The van der Waals surface area contributed by atoms with Crippen molar-refractivity contribution in [3.8, 4) is 0 Å². The number of H-pyrrole nitrogens is 1. The molecule has 0 aliphatic rings. The highest BCUT2D eigenvalue weighted by Gasteiger charge is 2.13. The number of nitrogens with zero attached hydrogens (tertiary/aromatic N) is 1. The summed E-state index contributed by atoms with van der Waals surface area (Å²) in [7, 11) is 0. The minimum atomic E-state index is -0.468. The van der Waals surface area contributed by atoms with Crippen LogP contribution in [-0.4, -0.2) is 21.8 Å². The van der Waals surface area contributed by atoms with E-state index in [1.54, 1.807) is 30.3 Å². The van der Waals surface area contributed by atoms with Gasteiger partial charge in [0.15, 0.2) is 0 Å². The molecule has 144 valence electrons. The molecule has 0 bridgehead atoms. The van der Waals surface area contributed by atoms with E-state index in [2.05, 4.69) is 20.6 Å². The van der Waals surface area contributed by atoms with Gasteiger partial charge < -0.3 is 15.6 Å². The maximum atomic E-state index is 12.6. The minimum Gasteiger partial charge on any atom is -0.348 e. The van der Waals surface area contributed by atoms with Gasteiger partial charge in [-0.2, -0.15) is 0 Å². The first-order valence-corrected chi connectivity index (χ1v) is 9.14. The van der Waals surface area contributed by atoms with Crippen molar-refractivity contribution in [1.82, 2.24) is 15.3 Å². The molecule has 0 atom stereocenters. The van der Waals surface area contributed by atoms with Gasteiger partial charge in [-0.3, -0.25) is 14.4 Å². The van der Waals surface area contributed by atoms with E-state index in [-0.39, 0.29) is 23.4 Å². The van der Waals surface area contributed by atoms with E-state index in [1.165, 1.54) is 6.20 Å². The van der Waals surface area contributed by atoms with Crippen LogP contribution in [0.4, 0.5) is 5.69 Å². The first-order valence-electron chi connectivity index (χ1n) is 9.14. The van der Waals surface area contributed by atoms with Crippen LogP contribution >= 0.6 is 0 Å². The molecular formula is C21H22N4O3. The predicted molar refractivity (Wildman–Crippen MR) is 108 cm³/mol. The number of carbonyl (C=O) groups excluding carboxylic acids is 2. The highest BCUT2D eigenvalue weighted by Crippen LogP contribution is 2.12. The lowest BCUT2D eigenvalue weighted by Crippen LogP contribution is -2.28. The minimum absolute atomic E-state index is 0.0329. The largest absolute Gasteiger partial charge is 0.348 e. The third-order valence-electron chi connectivity index (χ3n) is 4.26. The Kier molecular flexibility index (Phi) is 5.84. The van der Waals surface area contributed by atoms with Crippen LogP contribution in [0.15, 0.2) is 47.4 Å². The summed E-state index contributed by atoms with van der Waals surface area (Å²) in [6.07, 6.45) is 2.62. The molecule has 0 saturated carbocycles. The third-order valence-corrected chi connectivity index (χ3v) is 4.26. The Morgan fingerprint density at radius 2 is 2.00 bits per heavy atom. The van der Waals surface area contributed by atoms with E-state index in [1.807, 2.05) is 19.9 Å². The number of amides is 2. The average molecular weight is 378 g/mol. The van der Waals surface area contributed by atoms with Crippen molar-refractivity contribution in [1.29, 1.82) is 0 Å². The second-order valence-electron chi connectivity index (χ2n) is 6.56. The van der Waals surface area contributed by atoms with Gasteiger partial charge in [-0.05, 0) is 43.2 Å². The molecule has 0 aliphatic carbocycles.